The average molecular weight is 382 g/mol. The number of nitrogens with zero attached hydrogens (tertiary/aromatic N) is 3. The third-order valence-corrected chi connectivity index (χ3v) is 5.20. The number of carbonyl (C=O) groups is 1. The van der Waals surface area contributed by atoms with Gasteiger partial charge in [0.2, 0.25) is 0 Å². The molecule has 3 aromatic rings. The monoisotopic (exact) mass is 382 g/mol. The van der Waals surface area contributed by atoms with Crippen molar-refractivity contribution in [3.63, 3.8) is 0 Å². The fourth-order valence-electron chi connectivity index (χ4n) is 2.57. The highest BCUT2D eigenvalue weighted by Crippen LogP contribution is 2.34. The zero-order valence-electron chi connectivity index (χ0n) is 15.3. The molecule has 1 amide bonds. The number of methoxy groups -OCH3 is 1. The predicted octanol–water partition coefficient (Wildman–Crippen LogP) is 4.03. The molecule has 0 unspecified atom stereocenters. The number of hydrogen-bond donors (Lipinski definition) is 1. The van der Waals surface area contributed by atoms with Gasteiger partial charge in [-0.25, -0.2) is 0 Å². The number of carbonyl (C=O) groups excluding carboxylic acids is 1. The van der Waals surface area contributed by atoms with Crippen molar-refractivity contribution in [2.75, 3.05) is 19.0 Å². The summed E-state index contributed by atoms with van der Waals surface area (Å²) in [6.45, 7) is 3.44. The minimum absolute atomic E-state index is 0.118. The van der Waals surface area contributed by atoms with Crippen molar-refractivity contribution in [1.29, 1.82) is 0 Å². The van der Waals surface area contributed by atoms with Gasteiger partial charge in [-0.1, -0.05) is 42.1 Å². The molecule has 27 heavy (non-hydrogen) atoms. The summed E-state index contributed by atoms with van der Waals surface area (Å²) in [4.78, 5) is 12.3. The minimum atomic E-state index is -0.118. The molecule has 0 saturated heterocycles. The summed E-state index contributed by atoms with van der Waals surface area (Å²) in [5, 5.41) is 12.1. The maximum Gasteiger partial charge on any atom is 0.255 e. The number of nitrogens with one attached hydrogen (secondary N) is 1. The van der Waals surface area contributed by atoms with Gasteiger partial charge in [0, 0.05) is 30.2 Å². The molecule has 0 saturated carbocycles. The van der Waals surface area contributed by atoms with Crippen molar-refractivity contribution >= 4 is 23.4 Å². The van der Waals surface area contributed by atoms with Crippen LogP contribution in [-0.2, 0) is 11.3 Å². The van der Waals surface area contributed by atoms with E-state index in [1.165, 1.54) is 0 Å². The number of amides is 1. The fraction of sp³-hybridized carbons (Fsp3) is 0.250. The largest absolute Gasteiger partial charge is 0.383 e. The molecule has 0 aliphatic rings. The Morgan fingerprint density at radius 1 is 1.22 bits per heavy atom. The molecular formula is C20H22N4O2S. The van der Waals surface area contributed by atoms with Crippen LogP contribution in [0.3, 0.4) is 0 Å². The highest BCUT2D eigenvalue weighted by atomic mass is 32.2. The van der Waals surface area contributed by atoms with Crippen LogP contribution in [0.5, 0.6) is 0 Å². The van der Waals surface area contributed by atoms with Crippen LogP contribution in [-0.4, -0.2) is 34.4 Å². The first-order valence-corrected chi connectivity index (χ1v) is 9.55. The lowest BCUT2D eigenvalue weighted by molar-refractivity contribution is 0.102. The zero-order chi connectivity index (χ0) is 19.1. The molecule has 140 valence electrons. The van der Waals surface area contributed by atoms with Gasteiger partial charge < -0.3 is 14.6 Å². The normalized spacial score (nSPS) is 11.9. The van der Waals surface area contributed by atoms with Crippen molar-refractivity contribution < 1.29 is 9.53 Å². The summed E-state index contributed by atoms with van der Waals surface area (Å²) in [6, 6.07) is 17.1. The highest BCUT2D eigenvalue weighted by molar-refractivity contribution is 7.99. The van der Waals surface area contributed by atoms with Crippen molar-refractivity contribution in [2.45, 2.75) is 23.9 Å². The summed E-state index contributed by atoms with van der Waals surface area (Å²) >= 11 is 1.63. The van der Waals surface area contributed by atoms with E-state index in [0.717, 1.165) is 16.4 Å². The van der Waals surface area contributed by atoms with Gasteiger partial charge in [0.25, 0.3) is 5.91 Å². The second-order valence-corrected chi connectivity index (χ2v) is 7.31. The van der Waals surface area contributed by atoms with Crippen LogP contribution >= 0.6 is 11.8 Å². The van der Waals surface area contributed by atoms with Gasteiger partial charge in [-0.3, -0.25) is 4.79 Å². The molecule has 0 aliphatic carbocycles. The summed E-state index contributed by atoms with van der Waals surface area (Å²) in [5.41, 5.74) is 2.51. The second kappa shape index (κ2) is 9.34. The van der Waals surface area contributed by atoms with Gasteiger partial charge in [-0.05, 0) is 36.8 Å². The van der Waals surface area contributed by atoms with Crippen LogP contribution in [0.2, 0.25) is 0 Å². The van der Waals surface area contributed by atoms with E-state index in [4.69, 9.17) is 4.74 Å². The molecular weight excluding hydrogens is 360 g/mol. The van der Waals surface area contributed by atoms with Crippen LogP contribution < -0.4 is 5.32 Å². The first-order valence-electron chi connectivity index (χ1n) is 8.67. The predicted molar refractivity (Wildman–Crippen MR) is 107 cm³/mol. The smallest absolute Gasteiger partial charge is 0.255 e. The van der Waals surface area contributed by atoms with Crippen LogP contribution in [0.15, 0.2) is 66.1 Å². The molecule has 0 bridgehead atoms. The third kappa shape index (κ3) is 5.18. The number of rotatable bonds is 8. The van der Waals surface area contributed by atoms with E-state index in [1.807, 2.05) is 47.0 Å². The van der Waals surface area contributed by atoms with Crippen molar-refractivity contribution in [1.82, 2.24) is 14.8 Å². The van der Waals surface area contributed by atoms with E-state index in [9.17, 15) is 4.79 Å². The van der Waals surface area contributed by atoms with Crippen molar-refractivity contribution in [2.24, 2.45) is 0 Å². The Kier molecular flexibility index (Phi) is 6.62. The Labute approximate surface area is 163 Å². The molecule has 1 N–H and O–H groups in total. The van der Waals surface area contributed by atoms with Gasteiger partial charge in [-0.15, -0.1) is 10.2 Å². The summed E-state index contributed by atoms with van der Waals surface area (Å²) in [5.74, 6) is -0.118. The van der Waals surface area contributed by atoms with Gasteiger partial charge in [-0.2, -0.15) is 0 Å². The summed E-state index contributed by atoms with van der Waals surface area (Å²) in [6.07, 6.45) is 1.71. The van der Waals surface area contributed by atoms with Gasteiger partial charge in [0.05, 0.1) is 6.61 Å². The fourth-order valence-corrected chi connectivity index (χ4v) is 3.53. The van der Waals surface area contributed by atoms with E-state index in [2.05, 4.69) is 22.4 Å². The summed E-state index contributed by atoms with van der Waals surface area (Å²) in [7, 11) is 1.68. The Balaban J connectivity index is 1.68. The number of hydrogen-bond acceptors (Lipinski definition) is 5. The molecule has 0 spiro atoms. The number of aromatic nitrogens is 3. The van der Waals surface area contributed by atoms with E-state index >= 15 is 0 Å². The quantitative estimate of drug-likeness (QED) is 0.596. The maximum atomic E-state index is 12.3. The van der Waals surface area contributed by atoms with Crippen LogP contribution in [0.25, 0.3) is 0 Å². The Hall–Kier alpha value is -2.64. The molecule has 1 atom stereocenters. The molecule has 0 aliphatic heterocycles. The first kappa shape index (κ1) is 19.1. The van der Waals surface area contributed by atoms with Crippen molar-refractivity contribution in [3.8, 4) is 0 Å². The number of anilines is 1. The number of benzene rings is 2. The van der Waals surface area contributed by atoms with E-state index in [-0.39, 0.29) is 11.2 Å². The highest BCUT2D eigenvalue weighted by Gasteiger charge is 2.14. The Morgan fingerprint density at radius 2 is 2.04 bits per heavy atom. The molecule has 7 heteroatoms. The Morgan fingerprint density at radius 3 is 2.81 bits per heavy atom. The lowest BCUT2D eigenvalue weighted by atomic mass is 10.1. The second-order valence-electron chi connectivity index (χ2n) is 6.01. The van der Waals surface area contributed by atoms with E-state index < -0.39 is 0 Å². The first-order chi connectivity index (χ1) is 13.2. The lowest BCUT2D eigenvalue weighted by Crippen LogP contribution is -2.11. The minimum Gasteiger partial charge on any atom is -0.383 e. The molecule has 1 heterocycles. The number of ether oxygens (including phenoxy) is 1. The molecule has 3 rings (SSSR count). The average Bonchev–Trinajstić information content (AvgIpc) is 3.14. The lowest BCUT2D eigenvalue weighted by Gasteiger charge is -2.14. The van der Waals surface area contributed by atoms with Gasteiger partial charge in [0.1, 0.15) is 6.33 Å². The molecule has 6 nitrogen and oxygen atoms in total. The topological polar surface area (TPSA) is 69.0 Å². The van der Waals surface area contributed by atoms with Gasteiger partial charge in [0.15, 0.2) is 5.16 Å². The number of thioether (sulfide) groups is 1. The molecule has 0 fully saturated rings. The standard InChI is InChI=1S/C20H22N4O2S/c1-15(27-20-23-21-14-24(20)11-12-26-2)17-9-6-10-18(13-17)22-19(25)16-7-4-3-5-8-16/h3-10,13-15H,11-12H2,1-2H3,(H,22,25)/t15-/m0/s1. The molecule has 0 radical (unpaired) electrons. The molecule has 1 aromatic heterocycles. The third-order valence-electron chi connectivity index (χ3n) is 4.05. The SMILES string of the molecule is COCCn1cnnc1S[C@@H](C)c1cccc(NC(=O)c2ccccc2)c1. The van der Waals surface area contributed by atoms with Crippen molar-refractivity contribution in [3.05, 3.63) is 72.1 Å². The maximum absolute atomic E-state index is 12.3. The zero-order valence-corrected chi connectivity index (χ0v) is 16.1. The van der Waals surface area contributed by atoms with Gasteiger partial charge >= 0.3 is 0 Å². The van der Waals surface area contributed by atoms with E-state index in [1.54, 1.807) is 37.3 Å². The van der Waals surface area contributed by atoms with Crippen LogP contribution in [0, 0.1) is 0 Å². The summed E-state index contributed by atoms with van der Waals surface area (Å²) < 4.78 is 7.10. The van der Waals surface area contributed by atoms with Crippen LogP contribution in [0.4, 0.5) is 5.69 Å². The molecule has 2 aromatic carbocycles. The van der Waals surface area contributed by atoms with Crippen LogP contribution in [0.1, 0.15) is 28.1 Å². The van der Waals surface area contributed by atoms with E-state index in [0.29, 0.717) is 18.7 Å². The Bertz CT molecular complexity index is 882.